The van der Waals surface area contributed by atoms with E-state index in [1.165, 1.54) is 25.3 Å². The SMILES string of the molecule is COc1ccc(CC(NC(=O)OCC2c3ccccc3-c3ccccc32)C(=O)O)cc1COc1ccc([N+](=O)[O-])cc1Cl. The van der Waals surface area contributed by atoms with Gasteiger partial charge in [-0.2, -0.15) is 0 Å². The van der Waals surface area contributed by atoms with Gasteiger partial charge in [-0.25, -0.2) is 9.59 Å². The Kier molecular flexibility index (Phi) is 8.77. The minimum Gasteiger partial charge on any atom is -0.496 e. The number of rotatable bonds is 11. The predicted molar refractivity (Wildman–Crippen MR) is 159 cm³/mol. The van der Waals surface area contributed by atoms with E-state index in [0.717, 1.165) is 22.3 Å². The van der Waals surface area contributed by atoms with Crippen LogP contribution in [-0.2, 0) is 22.6 Å². The van der Waals surface area contributed by atoms with Gasteiger partial charge in [0.2, 0.25) is 0 Å². The van der Waals surface area contributed by atoms with E-state index in [4.69, 9.17) is 25.8 Å². The summed E-state index contributed by atoms with van der Waals surface area (Å²) in [7, 11) is 1.48. The molecule has 11 heteroatoms. The molecule has 0 fully saturated rings. The van der Waals surface area contributed by atoms with Crippen molar-refractivity contribution in [3.05, 3.63) is 122 Å². The summed E-state index contributed by atoms with van der Waals surface area (Å²) in [6.45, 7) is 0.0491. The maximum atomic E-state index is 12.8. The molecule has 4 aromatic carbocycles. The van der Waals surface area contributed by atoms with Gasteiger partial charge >= 0.3 is 12.1 Å². The van der Waals surface area contributed by atoms with Gasteiger partial charge in [-0.1, -0.05) is 66.2 Å². The third-order valence-corrected chi connectivity index (χ3v) is 7.52. The Balaban J connectivity index is 1.24. The lowest BCUT2D eigenvalue weighted by atomic mass is 9.98. The van der Waals surface area contributed by atoms with Gasteiger partial charge < -0.3 is 24.6 Å². The predicted octanol–water partition coefficient (Wildman–Crippen LogP) is 6.37. The topological polar surface area (TPSA) is 137 Å². The number of non-ortho nitro benzene ring substituents is 1. The van der Waals surface area contributed by atoms with Gasteiger partial charge in [-0.15, -0.1) is 0 Å². The zero-order valence-corrected chi connectivity index (χ0v) is 23.7. The van der Waals surface area contributed by atoms with Crippen molar-refractivity contribution < 1.29 is 33.8 Å². The zero-order chi connectivity index (χ0) is 30.5. The molecule has 0 heterocycles. The number of methoxy groups -OCH3 is 1. The lowest BCUT2D eigenvalue weighted by Crippen LogP contribution is -2.42. The third-order valence-electron chi connectivity index (χ3n) is 7.23. The summed E-state index contributed by atoms with van der Waals surface area (Å²) < 4.78 is 16.7. The Labute approximate surface area is 251 Å². The smallest absolute Gasteiger partial charge is 0.407 e. The van der Waals surface area contributed by atoms with Crippen molar-refractivity contribution in [2.45, 2.75) is 25.0 Å². The highest BCUT2D eigenvalue weighted by atomic mass is 35.5. The Morgan fingerprint density at radius 1 is 0.977 bits per heavy atom. The van der Waals surface area contributed by atoms with Crippen molar-refractivity contribution in [1.82, 2.24) is 5.32 Å². The monoisotopic (exact) mass is 602 g/mol. The molecule has 4 aromatic rings. The Morgan fingerprint density at radius 2 is 1.63 bits per heavy atom. The van der Waals surface area contributed by atoms with Crippen LogP contribution in [-0.4, -0.2) is 41.9 Å². The number of carboxylic acid groups (broad SMARTS) is 1. The zero-order valence-electron chi connectivity index (χ0n) is 23.0. The quantitative estimate of drug-likeness (QED) is 0.149. The van der Waals surface area contributed by atoms with Crippen LogP contribution in [0, 0.1) is 10.1 Å². The second-order valence-electron chi connectivity index (χ2n) is 9.87. The molecule has 5 rings (SSSR count). The molecule has 0 bridgehead atoms. The molecule has 1 aliphatic carbocycles. The number of nitrogens with zero attached hydrogens (tertiary/aromatic N) is 1. The number of nitro benzene ring substituents is 1. The van der Waals surface area contributed by atoms with Crippen molar-refractivity contribution >= 4 is 29.4 Å². The number of fused-ring (bicyclic) bond motifs is 3. The van der Waals surface area contributed by atoms with Gasteiger partial charge in [0, 0.05) is 30.0 Å². The number of benzene rings is 4. The number of hydrogen-bond acceptors (Lipinski definition) is 7. The van der Waals surface area contributed by atoms with Crippen LogP contribution in [0.3, 0.4) is 0 Å². The largest absolute Gasteiger partial charge is 0.496 e. The summed E-state index contributed by atoms with van der Waals surface area (Å²) in [5.74, 6) is -0.659. The lowest BCUT2D eigenvalue weighted by Gasteiger charge is -2.18. The highest BCUT2D eigenvalue weighted by molar-refractivity contribution is 6.32. The van der Waals surface area contributed by atoms with Crippen molar-refractivity contribution in [2.75, 3.05) is 13.7 Å². The highest BCUT2D eigenvalue weighted by Crippen LogP contribution is 2.44. The third kappa shape index (κ3) is 6.54. The summed E-state index contributed by atoms with van der Waals surface area (Å²) in [6.07, 6.45) is -0.867. The number of carbonyl (C=O) groups is 2. The summed E-state index contributed by atoms with van der Waals surface area (Å²) in [6, 6.07) is 23.5. The first-order valence-corrected chi connectivity index (χ1v) is 13.7. The summed E-state index contributed by atoms with van der Waals surface area (Å²) >= 11 is 6.14. The molecule has 1 unspecified atom stereocenters. The average Bonchev–Trinajstić information content (AvgIpc) is 3.32. The second-order valence-corrected chi connectivity index (χ2v) is 10.3. The van der Waals surface area contributed by atoms with Crippen molar-refractivity contribution in [3.63, 3.8) is 0 Å². The van der Waals surface area contributed by atoms with E-state index in [0.29, 0.717) is 16.9 Å². The molecule has 10 nitrogen and oxygen atoms in total. The molecule has 1 atom stereocenters. The van der Waals surface area contributed by atoms with Crippen LogP contribution in [0.4, 0.5) is 10.5 Å². The molecule has 0 saturated carbocycles. The fourth-order valence-electron chi connectivity index (χ4n) is 5.17. The minimum absolute atomic E-state index is 0.00785. The van der Waals surface area contributed by atoms with E-state index in [2.05, 4.69) is 5.32 Å². The summed E-state index contributed by atoms with van der Waals surface area (Å²) in [5, 5.41) is 23.4. The first-order chi connectivity index (χ1) is 20.7. The molecule has 43 heavy (non-hydrogen) atoms. The van der Waals surface area contributed by atoms with E-state index in [-0.39, 0.29) is 42.0 Å². The van der Waals surface area contributed by atoms with E-state index in [9.17, 15) is 24.8 Å². The van der Waals surface area contributed by atoms with Crippen LogP contribution in [0.5, 0.6) is 11.5 Å². The van der Waals surface area contributed by atoms with E-state index in [1.807, 2.05) is 48.5 Å². The molecule has 220 valence electrons. The molecule has 0 aliphatic heterocycles. The fraction of sp³-hybridized carbons (Fsp3) is 0.188. The van der Waals surface area contributed by atoms with E-state index in [1.54, 1.807) is 18.2 Å². The van der Waals surface area contributed by atoms with Crippen molar-refractivity contribution in [3.8, 4) is 22.6 Å². The molecular formula is C32H27ClN2O8. The van der Waals surface area contributed by atoms with Gasteiger partial charge in [0.05, 0.1) is 17.1 Å². The van der Waals surface area contributed by atoms with Crippen LogP contribution in [0.25, 0.3) is 11.1 Å². The maximum Gasteiger partial charge on any atom is 0.407 e. The number of hydrogen-bond donors (Lipinski definition) is 2. The molecule has 0 aromatic heterocycles. The molecule has 0 saturated heterocycles. The van der Waals surface area contributed by atoms with Crippen LogP contribution >= 0.6 is 11.6 Å². The average molecular weight is 603 g/mol. The van der Waals surface area contributed by atoms with Gasteiger partial charge in [0.15, 0.2) is 0 Å². The fourth-order valence-corrected chi connectivity index (χ4v) is 5.40. The summed E-state index contributed by atoms with van der Waals surface area (Å²) in [4.78, 5) is 35.2. The Hall–Kier alpha value is -5.09. The Bertz CT molecular complexity index is 1650. The number of carboxylic acids is 1. The second kappa shape index (κ2) is 12.8. The maximum absolute atomic E-state index is 12.8. The standard InChI is InChI=1S/C32H27ClN2O8/c1-41-29-12-10-19(14-20(29)17-42-30-13-11-21(35(39)40)16-27(30)33)15-28(31(36)37)34-32(38)43-18-26-24-8-4-2-6-22(24)23-7-3-5-9-25(23)26/h2-14,16,26,28H,15,17-18H2,1H3,(H,34,38)(H,36,37). The van der Waals surface area contributed by atoms with E-state index < -0.39 is 23.0 Å². The molecule has 2 N–H and O–H groups in total. The van der Waals surface area contributed by atoms with Crippen LogP contribution in [0.15, 0.2) is 84.9 Å². The van der Waals surface area contributed by atoms with Gasteiger partial charge in [-0.3, -0.25) is 10.1 Å². The Morgan fingerprint density at radius 3 is 2.23 bits per heavy atom. The number of nitrogens with one attached hydrogen (secondary N) is 1. The highest BCUT2D eigenvalue weighted by Gasteiger charge is 2.30. The number of alkyl carbamates (subject to hydrolysis) is 1. The van der Waals surface area contributed by atoms with Crippen LogP contribution in [0.2, 0.25) is 5.02 Å². The van der Waals surface area contributed by atoms with Crippen LogP contribution in [0.1, 0.15) is 28.2 Å². The molecule has 0 spiro atoms. The number of nitro groups is 1. The van der Waals surface area contributed by atoms with Crippen molar-refractivity contribution in [2.24, 2.45) is 0 Å². The molecule has 1 aliphatic rings. The normalized spacial score (nSPS) is 12.5. The number of ether oxygens (including phenoxy) is 3. The van der Waals surface area contributed by atoms with Crippen LogP contribution < -0.4 is 14.8 Å². The van der Waals surface area contributed by atoms with Gasteiger partial charge in [0.25, 0.3) is 5.69 Å². The minimum atomic E-state index is -1.26. The number of amides is 1. The van der Waals surface area contributed by atoms with Crippen molar-refractivity contribution in [1.29, 1.82) is 0 Å². The first-order valence-electron chi connectivity index (χ1n) is 13.3. The number of carbonyl (C=O) groups excluding carboxylic acids is 1. The number of aliphatic carboxylic acids is 1. The lowest BCUT2D eigenvalue weighted by molar-refractivity contribution is -0.384. The van der Waals surface area contributed by atoms with E-state index >= 15 is 0 Å². The first kappa shape index (κ1) is 29.4. The molecule has 0 radical (unpaired) electrons. The number of halogens is 1. The molecular weight excluding hydrogens is 576 g/mol. The van der Waals surface area contributed by atoms with Gasteiger partial charge in [0.1, 0.15) is 30.8 Å². The summed E-state index contributed by atoms with van der Waals surface area (Å²) in [5.41, 5.74) is 5.29. The van der Waals surface area contributed by atoms with Gasteiger partial charge in [-0.05, 0) is 46.0 Å². The molecule has 1 amide bonds.